The minimum Gasteiger partial charge on any atom is -0.307 e. The Balaban J connectivity index is 5.74. The van der Waals surface area contributed by atoms with Crippen LogP contribution < -0.4 is 5.32 Å². The SMILES string of the molecule is CC(C)C(=O)CCC(CCC(=O)C(C)(C)C)(CCC(=O)C(C)(C)C)NC(C)(C)C. The monoisotopic (exact) mass is 409 g/mol. The van der Waals surface area contributed by atoms with Gasteiger partial charge in [-0.05, 0) is 40.0 Å². The van der Waals surface area contributed by atoms with Crippen molar-refractivity contribution in [3.63, 3.8) is 0 Å². The normalized spacial score (nSPS) is 13.7. The van der Waals surface area contributed by atoms with Crippen LogP contribution in [0.2, 0.25) is 0 Å². The van der Waals surface area contributed by atoms with Crippen LogP contribution in [0.4, 0.5) is 0 Å². The van der Waals surface area contributed by atoms with Gasteiger partial charge in [-0.3, -0.25) is 14.4 Å². The molecule has 0 spiro atoms. The number of hydrogen-bond donors (Lipinski definition) is 1. The number of carbonyl (C=O) groups excluding carboxylic acids is 3. The van der Waals surface area contributed by atoms with E-state index < -0.39 is 5.54 Å². The Kier molecular flexibility index (Phi) is 9.96. The maximum atomic E-state index is 12.7. The highest BCUT2D eigenvalue weighted by Gasteiger charge is 2.37. The summed E-state index contributed by atoms with van der Waals surface area (Å²) >= 11 is 0. The smallest absolute Gasteiger partial charge is 0.138 e. The van der Waals surface area contributed by atoms with Gasteiger partial charge in [-0.2, -0.15) is 0 Å². The van der Waals surface area contributed by atoms with Gasteiger partial charge in [0.25, 0.3) is 0 Å². The third-order valence-electron chi connectivity index (χ3n) is 5.47. The third-order valence-corrected chi connectivity index (χ3v) is 5.47. The maximum absolute atomic E-state index is 12.7. The molecule has 0 aliphatic carbocycles. The molecule has 0 aliphatic heterocycles. The minimum absolute atomic E-state index is 0.00486. The molecule has 1 N–H and O–H groups in total. The van der Waals surface area contributed by atoms with Crippen molar-refractivity contribution in [1.29, 1.82) is 0 Å². The first-order valence-electron chi connectivity index (χ1n) is 11.2. The van der Waals surface area contributed by atoms with Gasteiger partial charge in [0.15, 0.2) is 0 Å². The summed E-state index contributed by atoms with van der Waals surface area (Å²) in [5, 5.41) is 3.72. The molecule has 4 nitrogen and oxygen atoms in total. The van der Waals surface area contributed by atoms with E-state index in [1.165, 1.54) is 0 Å². The molecule has 0 aliphatic rings. The second kappa shape index (κ2) is 10.3. The van der Waals surface area contributed by atoms with E-state index in [0.29, 0.717) is 38.5 Å². The Hall–Kier alpha value is -1.03. The highest BCUT2D eigenvalue weighted by molar-refractivity contribution is 5.84. The van der Waals surface area contributed by atoms with Gasteiger partial charge in [-0.1, -0.05) is 55.4 Å². The summed E-state index contributed by atoms with van der Waals surface area (Å²) in [6.45, 7) is 21.8. The quantitative estimate of drug-likeness (QED) is 0.461. The number of ketones is 3. The summed E-state index contributed by atoms with van der Waals surface area (Å²) < 4.78 is 0. The Morgan fingerprint density at radius 3 is 1.28 bits per heavy atom. The molecule has 0 atom stereocenters. The highest BCUT2D eigenvalue weighted by Crippen LogP contribution is 2.32. The van der Waals surface area contributed by atoms with Gasteiger partial charge in [0.1, 0.15) is 17.3 Å². The molecule has 0 amide bonds. The van der Waals surface area contributed by atoms with Crippen LogP contribution in [0, 0.1) is 16.7 Å². The van der Waals surface area contributed by atoms with Crippen LogP contribution in [-0.2, 0) is 14.4 Å². The number of carbonyl (C=O) groups is 3. The van der Waals surface area contributed by atoms with E-state index in [1.54, 1.807) is 0 Å². The van der Waals surface area contributed by atoms with E-state index in [2.05, 4.69) is 26.1 Å². The fraction of sp³-hybridized carbons (Fsp3) is 0.880. The average Bonchev–Trinajstić information content (AvgIpc) is 2.51. The zero-order valence-corrected chi connectivity index (χ0v) is 21.0. The van der Waals surface area contributed by atoms with Crippen LogP contribution in [-0.4, -0.2) is 28.4 Å². The van der Waals surface area contributed by atoms with Crippen molar-refractivity contribution in [2.75, 3.05) is 0 Å². The largest absolute Gasteiger partial charge is 0.307 e. The molecule has 0 bridgehead atoms. The molecule has 0 unspecified atom stereocenters. The van der Waals surface area contributed by atoms with E-state index in [0.717, 1.165) is 0 Å². The fourth-order valence-corrected chi connectivity index (χ4v) is 3.46. The molecule has 4 heteroatoms. The van der Waals surface area contributed by atoms with E-state index in [4.69, 9.17) is 0 Å². The molecule has 0 saturated heterocycles. The van der Waals surface area contributed by atoms with Crippen molar-refractivity contribution in [1.82, 2.24) is 5.32 Å². The van der Waals surface area contributed by atoms with Crippen molar-refractivity contribution in [2.24, 2.45) is 16.7 Å². The van der Waals surface area contributed by atoms with Crippen molar-refractivity contribution in [3.8, 4) is 0 Å². The highest BCUT2D eigenvalue weighted by atomic mass is 16.1. The van der Waals surface area contributed by atoms with E-state index in [9.17, 15) is 14.4 Å². The Morgan fingerprint density at radius 1 is 0.655 bits per heavy atom. The van der Waals surface area contributed by atoms with Crippen LogP contribution >= 0.6 is 0 Å². The molecule has 0 aromatic rings. The Morgan fingerprint density at radius 2 is 1.00 bits per heavy atom. The maximum Gasteiger partial charge on any atom is 0.138 e. The predicted molar refractivity (Wildman–Crippen MR) is 122 cm³/mol. The molecule has 0 radical (unpaired) electrons. The summed E-state index contributed by atoms with van der Waals surface area (Å²) in [6, 6.07) is 0. The van der Waals surface area contributed by atoms with Crippen molar-refractivity contribution < 1.29 is 14.4 Å². The second-order valence-electron chi connectivity index (χ2n) is 12.1. The van der Waals surface area contributed by atoms with Crippen LogP contribution in [0.5, 0.6) is 0 Å². The van der Waals surface area contributed by atoms with Gasteiger partial charge in [0, 0.05) is 47.1 Å². The van der Waals surface area contributed by atoms with Gasteiger partial charge in [-0.15, -0.1) is 0 Å². The Labute approximate surface area is 180 Å². The second-order valence-corrected chi connectivity index (χ2v) is 12.1. The molecule has 0 heterocycles. The lowest BCUT2D eigenvalue weighted by Gasteiger charge is -2.42. The first-order chi connectivity index (χ1) is 12.8. The van der Waals surface area contributed by atoms with Gasteiger partial charge >= 0.3 is 0 Å². The summed E-state index contributed by atoms with van der Waals surface area (Å²) in [5.41, 5.74) is -1.37. The van der Waals surface area contributed by atoms with E-state index >= 15 is 0 Å². The molecule has 29 heavy (non-hydrogen) atoms. The summed E-state index contributed by atoms with van der Waals surface area (Å²) in [5.74, 6) is 0.661. The van der Waals surface area contributed by atoms with E-state index in [-0.39, 0.29) is 39.6 Å². The molecule has 0 saturated carbocycles. The standard InChI is InChI=1S/C25H47NO3/c1-18(2)19(27)12-15-25(26-24(9,10)11,16-13-20(28)22(3,4)5)17-14-21(29)23(6,7)8/h18,26H,12-17H2,1-11H3. The lowest BCUT2D eigenvalue weighted by Crippen LogP contribution is -2.55. The lowest BCUT2D eigenvalue weighted by atomic mass is 9.76. The van der Waals surface area contributed by atoms with Gasteiger partial charge < -0.3 is 5.32 Å². The first-order valence-corrected chi connectivity index (χ1v) is 11.2. The lowest BCUT2D eigenvalue weighted by molar-refractivity contribution is -0.127. The zero-order chi connectivity index (χ0) is 23.3. The summed E-state index contributed by atoms with van der Waals surface area (Å²) in [4.78, 5) is 37.7. The number of rotatable bonds is 11. The molecular formula is C25H47NO3. The van der Waals surface area contributed by atoms with Crippen molar-refractivity contribution in [2.45, 2.75) is 126 Å². The average molecular weight is 410 g/mol. The molecule has 0 fully saturated rings. The minimum atomic E-state index is -0.412. The molecule has 0 aromatic carbocycles. The topological polar surface area (TPSA) is 63.2 Å². The number of Topliss-reactive ketones (excluding diaryl/α,β-unsaturated/α-hetero) is 3. The number of nitrogens with one attached hydrogen (secondary N) is 1. The number of hydrogen-bond acceptors (Lipinski definition) is 4. The summed E-state index contributed by atoms with van der Waals surface area (Å²) in [7, 11) is 0. The van der Waals surface area contributed by atoms with E-state index in [1.807, 2.05) is 55.4 Å². The zero-order valence-electron chi connectivity index (χ0n) is 21.0. The van der Waals surface area contributed by atoms with Crippen LogP contribution in [0.1, 0.15) is 115 Å². The molecule has 0 aromatic heterocycles. The first kappa shape index (κ1) is 28.0. The fourth-order valence-electron chi connectivity index (χ4n) is 3.46. The predicted octanol–water partition coefficient (Wildman–Crippen LogP) is 5.91. The molecule has 0 rings (SSSR count). The van der Waals surface area contributed by atoms with Gasteiger partial charge in [-0.25, -0.2) is 0 Å². The van der Waals surface area contributed by atoms with Gasteiger partial charge in [0.2, 0.25) is 0 Å². The Bertz CT molecular complexity index is 538. The van der Waals surface area contributed by atoms with Crippen molar-refractivity contribution >= 4 is 17.3 Å². The van der Waals surface area contributed by atoms with Crippen LogP contribution in [0.25, 0.3) is 0 Å². The van der Waals surface area contributed by atoms with Crippen LogP contribution in [0.3, 0.4) is 0 Å². The molecule has 170 valence electrons. The summed E-state index contributed by atoms with van der Waals surface area (Å²) in [6.07, 6.45) is 3.30. The van der Waals surface area contributed by atoms with Crippen LogP contribution in [0.15, 0.2) is 0 Å². The third kappa shape index (κ3) is 11.1. The van der Waals surface area contributed by atoms with Crippen molar-refractivity contribution in [3.05, 3.63) is 0 Å². The molecular weight excluding hydrogens is 362 g/mol. The van der Waals surface area contributed by atoms with Gasteiger partial charge in [0.05, 0.1) is 0 Å².